The van der Waals surface area contributed by atoms with Gasteiger partial charge in [-0.3, -0.25) is 0 Å². The summed E-state index contributed by atoms with van der Waals surface area (Å²) in [5, 5.41) is 8.98. The second-order valence-corrected chi connectivity index (χ2v) is 5.54. The van der Waals surface area contributed by atoms with Crippen molar-refractivity contribution in [3.8, 4) is 0 Å². The fourth-order valence-corrected chi connectivity index (χ4v) is 1.07. The molecule has 1 nitrogen and oxygen atoms in total. The van der Waals surface area contributed by atoms with E-state index in [2.05, 4.69) is 46.8 Å². The van der Waals surface area contributed by atoms with Gasteiger partial charge in [0.1, 0.15) is 0 Å². The molecule has 0 rings (SSSR count). The van der Waals surface area contributed by atoms with Gasteiger partial charge in [-0.1, -0.05) is 53.2 Å². The molecule has 0 heterocycles. The number of hydrogen-bond acceptors (Lipinski definition) is 1. The molecule has 0 aromatic rings. The monoisotopic (exact) mass is 228 g/mol. The molecule has 0 radical (unpaired) electrons. The van der Waals surface area contributed by atoms with Crippen molar-refractivity contribution in [3.63, 3.8) is 0 Å². The zero-order chi connectivity index (χ0) is 13.0. The van der Waals surface area contributed by atoms with Crippen molar-refractivity contribution in [2.45, 2.75) is 73.3 Å². The summed E-state index contributed by atoms with van der Waals surface area (Å²) in [6.45, 7) is 12.7. The first-order valence-corrected chi connectivity index (χ1v) is 6.71. The Morgan fingerprint density at radius 3 is 1.81 bits per heavy atom. The summed E-state index contributed by atoms with van der Waals surface area (Å²) >= 11 is 0. The van der Waals surface area contributed by atoms with Crippen LogP contribution in [-0.4, -0.2) is 11.2 Å². The molecule has 16 heavy (non-hydrogen) atoms. The average molecular weight is 228 g/mol. The molecule has 0 fully saturated rings. The van der Waals surface area contributed by atoms with Gasteiger partial charge >= 0.3 is 0 Å². The molecule has 1 heteroatoms. The van der Waals surface area contributed by atoms with E-state index in [9.17, 15) is 0 Å². The molecule has 1 atom stereocenters. The average Bonchev–Trinajstić information content (AvgIpc) is 2.09. The van der Waals surface area contributed by atoms with E-state index in [4.69, 9.17) is 5.11 Å². The van der Waals surface area contributed by atoms with Gasteiger partial charge in [0, 0.05) is 0 Å². The molecular weight excluding hydrogens is 196 g/mol. The van der Waals surface area contributed by atoms with Crippen LogP contribution in [0.1, 0.15) is 67.2 Å². The van der Waals surface area contributed by atoms with Gasteiger partial charge in [-0.05, 0) is 38.0 Å². The first-order valence-electron chi connectivity index (χ1n) is 6.71. The highest BCUT2D eigenvalue weighted by molar-refractivity contribution is 4.84. The summed E-state index contributed by atoms with van der Waals surface area (Å²) in [6, 6.07) is 0. The van der Waals surface area contributed by atoms with Crippen LogP contribution in [0.15, 0.2) is 12.2 Å². The molecule has 0 aliphatic heterocycles. The lowest BCUT2D eigenvalue weighted by atomic mass is 10.1. The Balaban J connectivity index is 0. The number of hydrogen-bond donors (Lipinski definition) is 1. The Kier molecular flexibility index (Phi) is 14.4. The van der Waals surface area contributed by atoms with Crippen molar-refractivity contribution < 1.29 is 5.11 Å². The number of rotatable bonds is 6. The van der Waals surface area contributed by atoms with Crippen LogP contribution in [0.4, 0.5) is 0 Å². The van der Waals surface area contributed by atoms with Crippen LogP contribution in [0, 0.1) is 11.8 Å². The number of allylic oxidation sites excluding steroid dienone is 2. The minimum atomic E-state index is -0.126. The van der Waals surface area contributed by atoms with E-state index >= 15 is 0 Å². The standard InChI is InChI=1S/C11H22O.C4H10/c1-10(2)8-6-4-5-7-9-11(3)12;1-4(2)3/h6,8,10-12H,4-5,7,9H2,1-3H3;4H,1-3H3/b8-6+;/t11-;/m1./s1. The lowest BCUT2D eigenvalue weighted by molar-refractivity contribution is 0.181. The lowest BCUT2D eigenvalue weighted by Crippen LogP contribution is -1.97. The van der Waals surface area contributed by atoms with Crippen molar-refractivity contribution in [3.05, 3.63) is 12.2 Å². The van der Waals surface area contributed by atoms with Gasteiger partial charge in [-0.2, -0.15) is 0 Å². The minimum Gasteiger partial charge on any atom is -0.393 e. The first-order chi connectivity index (χ1) is 7.36. The van der Waals surface area contributed by atoms with Gasteiger partial charge < -0.3 is 5.11 Å². The zero-order valence-electron chi connectivity index (χ0n) is 12.2. The van der Waals surface area contributed by atoms with Gasteiger partial charge in [-0.25, -0.2) is 0 Å². The van der Waals surface area contributed by atoms with E-state index in [0.717, 1.165) is 25.2 Å². The summed E-state index contributed by atoms with van der Waals surface area (Å²) in [6.07, 6.45) is 8.79. The Morgan fingerprint density at radius 2 is 1.44 bits per heavy atom. The van der Waals surface area contributed by atoms with Crippen LogP contribution >= 0.6 is 0 Å². The van der Waals surface area contributed by atoms with Crippen LogP contribution in [-0.2, 0) is 0 Å². The Labute approximate surface area is 103 Å². The highest BCUT2D eigenvalue weighted by Crippen LogP contribution is 2.04. The van der Waals surface area contributed by atoms with E-state index < -0.39 is 0 Å². The maximum Gasteiger partial charge on any atom is 0.0512 e. The molecular formula is C15H32O. The summed E-state index contributed by atoms with van der Waals surface area (Å²) in [4.78, 5) is 0. The topological polar surface area (TPSA) is 20.2 Å². The molecule has 0 saturated carbocycles. The fraction of sp³-hybridized carbons (Fsp3) is 0.867. The highest BCUT2D eigenvalue weighted by atomic mass is 16.3. The second kappa shape index (κ2) is 12.8. The second-order valence-electron chi connectivity index (χ2n) is 5.54. The highest BCUT2D eigenvalue weighted by Gasteiger charge is 1.93. The SMILES string of the molecule is CC(C)/C=C/CCCC[C@@H](C)O.CC(C)C. The zero-order valence-corrected chi connectivity index (χ0v) is 12.2. The molecule has 0 aromatic heterocycles. The summed E-state index contributed by atoms with van der Waals surface area (Å²) in [7, 11) is 0. The van der Waals surface area contributed by atoms with Gasteiger partial charge in [0.15, 0.2) is 0 Å². The quantitative estimate of drug-likeness (QED) is 0.511. The number of aliphatic hydroxyl groups is 1. The molecule has 0 aromatic carbocycles. The third-order valence-corrected chi connectivity index (χ3v) is 1.76. The van der Waals surface area contributed by atoms with Crippen molar-refractivity contribution in [1.29, 1.82) is 0 Å². The van der Waals surface area contributed by atoms with E-state index in [1.54, 1.807) is 0 Å². The third kappa shape index (κ3) is 29.2. The Bertz CT molecular complexity index is 143. The van der Waals surface area contributed by atoms with Crippen molar-refractivity contribution in [2.75, 3.05) is 0 Å². The van der Waals surface area contributed by atoms with Crippen LogP contribution in [0.3, 0.4) is 0 Å². The Morgan fingerprint density at radius 1 is 0.938 bits per heavy atom. The van der Waals surface area contributed by atoms with Crippen molar-refractivity contribution in [2.24, 2.45) is 11.8 Å². The molecule has 0 aliphatic carbocycles. The molecule has 0 saturated heterocycles. The smallest absolute Gasteiger partial charge is 0.0512 e. The molecule has 0 unspecified atom stereocenters. The largest absolute Gasteiger partial charge is 0.393 e. The molecule has 0 bridgehead atoms. The van der Waals surface area contributed by atoms with Gasteiger partial charge in [-0.15, -0.1) is 0 Å². The lowest BCUT2D eigenvalue weighted by Gasteiger charge is -2.01. The summed E-state index contributed by atoms with van der Waals surface area (Å²) in [5.41, 5.74) is 0. The van der Waals surface area contributed by atoms with Crippen LogP contribution in [0.25, 0.3) is 0 Å². The molecule has 98 valence electrons. The summed E-state index contributed by atoms with van der Waals surface area (Å²) in [5.74, 6) is 1.50. The molecule has 0 spiro atoms. The van der Waals surface area contributed by atoms with Gasteiger partial charge in [0.2, 0.25) is 0 Å². The van der Waals surface area contributed by atoms with E-state index in [0.29, 0.717) is 5.92 Å². The van der Waals surface area contributed by atoms with Crippen LogP contribution in [0.2, 0.25) is 0 Å². The van der Waals surface area contributed by atoms with E-state index in [1.165, 1.54) is 6.42 Å². The normalized spacial score (nSPS) is 13.1. The number of unbranched alkanes of at least 4 members (excludes halogenated alkanes) is 2. The van der Waals surface area contributed by atoms with E-state index in [1.807, 2.05) is 6.92 Å². The van der Waals surface area contributed by atoms with Crippen LogP contribution < -0.4 is 0 Å². The van der Waals surface area contributed by atoms with Crippen LogP contribution in [0.5, 0.6) is 0 Å². The first kappa shape index (κ1) is 18.1. The molecule has 0 aliphatic rings. The van der Waals surface area contributed by atoms with Gasteiger partial charge in [0.25, 0.3) is 0 Å². The van der Waals surface area contributed by atoms with E-state index in [-0.39, 0.29) is 6.10 Å². The maximum absolute atomic E-state index is 8.98. The predicted molar refractivity (Wildman–Crippen MR) is 74.6 cm³/mol. The minimum absolute atomic E-state index is 0.126. The summed E-state index contributed by atoms with van der Waals surface area (Å²) < 4.78 is 0. The van der Waals surface area contributed by atoms with Gasteiger partial charge in [0.05, 0.1) is 6.10 Å². The molecule has 0 amide bonds. The predicted octanol–water partition coefficient (Wildman–Crippen LogP) is 4.80. The maximum atomic E-state index is 8.98. The third-order valence-electron chi connectivity index (χ3n) is 1.76. The van der Waals surface area contributed by atoms with Crippen molar-refractivity contribution in [1.82, 2.24) is 0 Å². The molecule has 1 N–H and O–H groups in total. The number of aliphatic hydroxyl groups excluding tert-OH is 1. The van der Waals surface area contributed by atoms with Crippen molar-refractivity contribution >= 4 is 0 Å². The Hall–Kier alpha value is -0.300. The fourth-order valence-electron chi connectivity index (χ4n) is 1.07.